The topological polar surface area (TPSA) is 80.3 Å². The van der Waals surface area contributed by atoms with Crippen LogP contribution in [0.3, 0.4) is 0 Å². The number of aryl methyl sites for hydroxylation is 2. The normalized spacial score (nSPS) is 14.0. The predicted molar refractivity (Wildman–Crippen MR) is 152 cm³/mol. The van der Waals surface area contributed by atoms with Crippen LogP contribution in [0.4, 0.5) is 5.69 Å². The van der Waals surface area contributed by atoms with Crippen molar-refractivity contribution in [3.63, 3.8) is 0 Å². The van der Waals surface area contributed by atoms with Crippen LogP contribution in [-0.4, -0.2) is 59.5 Å². The minimum absolute atomic E-state index is 0.0242. The van der Waals surface area contributed by atoms with Crippen LogP contribution in [0.1, 0.15) is 33.6 Å². The van der Waals surface area contributed by atoms with Gasteiger partial charge in [-0.1, -0.05) is 12.1 Å². The number of aromatic nitrogens is 3. The molecule has 0 aliphatic carbocycles. The molecule has 8 heteroatoms. The molecule has 0 bridgehead atoms. The summed E-state index contributed by atoms with van der Waals surface area (Å²) in [6, 6.07) is 13.8. The molecule has 0 fully saturated rings. The number of pyridine rings is 2. The molecule has 0 saturated heterocycles. The molecular formula is C30H34N6O2. The summed E-state index contributed by atoms with van der Waals surface area (Å²) in [5.74, 6) is 0.0242. The predicted octanol–water partition coefficient (Wildman–Crippen LogP) is 4.21. The van der Waals surface area contributed by atoms with E-state index in [0.717, 1.165) is 69.9 Å². The minimum Gasteiger partial charge on any atom is -0.618 e. The SMILES string of the molecule is CNc1ccc(-c2ccnc3c2cc(CN2CC=C(c4ccc(C(=O)N(C)C)cc4C)CC2)n3C)[n+]([O-])c1. The second-order valence-corrected chi connectivity index (χ2v) is 10.1. The largest absolute Gasteiger partial charge is 0.618 e. The van der Waals surface area contributed by atoms with Crippen molar-refractivity contribution in [1.82, 2.24) is 19.4 Å². The Morgan fingerprint density at radius 2 is 1.97 bits per heavy atom. The third-order valence-corrected chi connectivity index (χ3v) is 7.41. The molecule has 196 valence electrons. The molecule has 1 aliphatic heterocycles. The maximum atomic E-state index is 12.7. The van der Waals surface area contributed by atoms with E-state index in [-0.39, 0.29) is 5.91 Å². The fourth-order valence-electron chi connectivity index (χ4n) is 5.23. The van der Waals surface area contributed by atoms with Gasteiger partial charge in [0.05, 0.1) is 5.56 Å². The first-order valence-corrected chi connectivity index (χ1v) is 12.9. The highest BCUT2D eigenvalue weighted by Crippen LogP contribution is 2.30. The van der Waals surface area contributed by atoms with E-state index in [0.29, 0.717) is 5.69 Å². The van der Waals surface area contributed by atoms with Gasteiger partial charge in [-0.2, -0.15) is 4.73 Å². The zero-order chi connectivity index (χ0) is 27.0. The number of carbonyl (C=O) groups excluding carboxylic acids is 1. The van der Waals surface area contributed by atoms with Crippen molar-refractivity contribution >= 4 is 28.2 Å². The average molecular weight is 511 g/mol. The summed E-state index contributed by atoms with van der Waals surface area (Å²) in [5, 5.41) is 16.7. The van der Waals surface area contributed by atoms with Gasteiger partial charge in [0.2, 0.25) is 11.9 Å². The lowest BCUT2D eigenvalue weighted by Gasteiger charge is -2.27. The van der Waals surface area contributed by atoms with E-state index in [4.69, 9.17) is 0 Å². The molecule has 1 amide bonds. The van der Waals surface area contributed by atoms with Gasteiger partial charge in [0.1, 0.15) is 11.3 Å². The number of anilines is 1. The first-order chi connectivity index (χ1) is 18.3. The number of amides is 1. The van der Waals surface area contributed by atoms with Gasteiger partial charge in [0.15, 0.2) is 0 Å². The van der Waals surface area contributed by atoms with E-state index >= 15 is 0 Å². The lowest BCUT2D eigenvalue weighted by atomic mass is 9.94. The third-order valence-electron chi connectivity index (χ3n) is 7.41. The quantitative estimate of drug-likeness (QED) is 0.310. The molecule has 1 aliphatic rings. The highest BCUT2D eigenvalue weighted by atomic mass is 16.5. The van der Waals surface area contributed by atoms with Crippen LogP contribution < -0.4 is 10.0 Å². The van der Waals surface area contributed by atoms with Crippen LogP contribution in [0.5, 0.6) is 0 Å². The molecule has 0 radical (unpaired) electrons. The van der Waals surface area contributed by atoms with Crippen molar-refractivity contribution in [2.75, 3.05) is 39.5 Å². The average Bonchev–Trinajstić information content (AvgIpc) is 3.23. The van der Waals surface area contributed by atoms with E-state index < -0.39 is 0 Å². The number of nitrogens with one attached hydrogen (secondary N) is 1. The Hall–Kier alpha value is -4.17. The molecule has 3 aromatic heterocycles. The van der Waals surface area contributed by atoms with Crippen LogP contribution in [0.2, 0.25) is 0 Å². The maximum Gasteiger partial charge on any atom is 0.253 e. The summed E-state index contributed by atoms with van der Waals surface area (Å²) < 4.78 is 3.04. The molecule has 4 heterocycles. The lowest BCUT2D eigenvalue weighted by molar-refractivity contribution is -0.592. The van der Waals surface area contributed by atoms with Crippen molar-refractivity contribution in [2.45, 2.75) is 19.9 Å². The molecule has 0 saturated carbocycles. The first-order valence-electron chi connectivity index (χ1n) is 12.9. The number of fused-ring (bicyclic) bond motifs is 1. The van der Waals surface area contributed by atoms with Gasteiger partial charge in [0.25, 0.3) is 5.91 Å². The second kappa shape index (κ2) is 10.3. The van der Waals surface area contributed by atoms with Gasteiger partial charge in [-0.3, -0.25) is 9.69 Å². The van der Waals surface area contributed by atoms with Gasteiger partial charge in [0, 0.05) is 76.7 Å². The van der Waals surface area contributed by atoms with E-state index in [1.807, 2.05) is 37.4 Å². The maximum absolute atomic E-state index is 12.7. The Morgan fingerprint density at radius 1 is 1.16 bits per heavy atom. The molecule has 4 aromatic rings. The van der Waals surface area contributed by atoms with Crippen molar-refractivity contribution in [3.8, 4) is 11.3 Å². The summed E-state index contributed by atoms with van der Waals surface area (Å²) in [4.78, 5) is 21.0. The molecule has 5 rings (SSSR count). The minimum atomic E-state index is 0.0242. The first kappa shape index (κ1) is 25.5. The molecular weight excluding hydrogens is 476 g/mol. The van der Waals surface area contributed by atoms with Crippen LogP contribution in [0.15, 0.2) is 60.9 Å². The molecule has 0 unspecified atom stereocenters. The number of hydrogen-bond acceptors (Lipinski definition) is 5. The van der Waals surface area contributed by atoms with Crippen LogP contribution in [0, 0.1) is 12.1 Å². The van der Waals surface area contributed by atoms with Crippen molar-refractivity contribution in [2.24, 2.45) is 7.05 Å². The Labute approximate surface area is 223 Å². The van der Waals surface area contributed by atoms with Crippen molar-refractivity contribution < 1.29 is 9.52 Å². The summed E-state index contributed by atoms with van der Waals surface area (Å²) >= 11 is 0. The fraction of sp³-hybridized carbons (Fsp3) is 0.300. The molecule has 1 aromatic carbocycles. The number of carbonyl (C=O) groups is 1. The Morgan fingerprint density at radius 3 is 2.63 bits per heavy atom. The zero-order valence-electron chi connectivity index (χ0n) is 22.7. The van der Waals surface area contributed by atoms with Crippen molar-refractivity contribution in [1.29, 1.82) is 0 Å². The number of benzene rings is 1. The van der Waals surface area contributed by atoms with E-state index in [9.17, 15) is 10.0 Å². The zero-order valence-corrected chi connectivity index (χ0v) is 22.7. The second-order valence-electron chi connectivity index (χ2n) is 10.1. The summed E-state index contributed by atoms with van der Waals surface area (Å²) in [6.45, 7) is 4.66. The molecule has 1 N–H and O–H groups in total. The van der Waals surface area contributed by atoms with Gasteiger partial charge < -0.3 is 20.0 Å². The highest BCUT2D eigenvalue weighted by molar-refractivity contribution is 5.94. The highest BCUT2D eigenvalue weighted by Gasteiger charge is 2.20. The fourth-order valence-corrected chi connectivity index (χ4v) is 5.23. The Balaban J connectivity index is 1.36. The molecule has 0 atom stereocenters. The standard InChI is InChI=1S/C30H34N6O2/c1-20-16-22(30(37)33(3)4)6-8-25(20)21-11-14-35(15-12-21)19-24-17-27-26(10-13-32-29(27)34(24)5)28-9-7-23(31-2)18-36(28)38/h6-11,13,16-18,31H,12,14-15,19H2,1-5H3. The lowest BCUT2D eigenvalue weighted by Crippen LogP contribution is -2.29. The van der Waals surface area contributed by atoms with Crippen LogP contribution >= 0.6 is 0 Å². The molecule has 8 nitrogen and oxygen atoms in total. The van der Waals surface area contributed by atoms with Gasteiger partial charge in [-0.15, -0.1) is 0 Å². The number of hydrogen-bond donors (Lipinski definition) is 1. The Bertz CT molecular complexity index is 1550. The summed E-state index contributed by atoms with van der Waals surface area (Å²) in [5.41, 5.74) is 8.67. The van der Waals surface area contributed by atoms with Crippen LogP contribution in [0.25, 0.3) is 27.9 Å². The monoisotopic (exact) mass is 510 g/mol. The Kier molecular flexibility index (Phi) is 6.91. The van der Waals surface area contributed by atoms with Crippen LogP contribution in [-0.2, 0) is 13.6 Å². The summed E-state index contributed by atoms with van der Waals surface area (Å²) in [7, 11) is 7.39. The molecule has 0 spiro atoms. The number of nitrogens with zero attached hydrogens (tertiary/aromatic N) is 5. The van der Waals surface area contributed by atoms with E-state index in [1.165, 1.54) is 11.1 Å². The molecule has 38 heavy (non-hydrogen) atoms. The van der Waals surface area contributed by atoms with E-state index in [2.05, 4.69) is 44.9 Å². The van der Waals surface area contributed by atoms with Gasteiger partial charge >= 0.3 is 0 Å². The smallest absolute Gasteiger partial charge is 0.253 e. The van der Waals surface area contributed by atoms with E-state index in [1.54, 1.807) is 38.4 Å². The van der Waals surface area contributed by atoms with Gasteiger partial charge in [-0.05, 0) is 60.4 Å². The van der Waals surface area contributed by atoms with Crippen molar-refractivity contribution in [3.05, 3.63) is 88.5 Å². The third kappa shape index (κ3) is 4.75. The number of rotatable bonds is 6. The summed E-state index contributed by atoms with van der Waals surface area (Å²) in [6.07, 6.45) is 6.57. The van der Waals surface area contributed by atoms with Gasteiger partial charge in [-0.25, -0.2) is 4.98 Å².